The van der Waals surface area contributed by atoms with Crippen LogP contribution in [0.15, 0.2) is 17.6 Å². The molecule has 7 nitrogen and oxygen atoms in total. The Morgan fingerprint density at radius 3 is 2.74 bits per heavy atom. The standard InChI is InChI=1S/C11H15N5O2S/c1-11(2,3)16-9(7-4-12-13-5-7)14-15-10(16)19-6-8(17)18/h4-5H,6H2,1-3H3,(H,12,13)(H,17,18). The summed E-state index contributed by atoms with van der Waals surface area (Å²) >= 11 is 1.16. The van der Waals surface area contributed by atoms with Gasteiger partial charge in [0.2, 0.25) is 0 Å². The lowest BCUT2D eigenvalue weighted by Crippen LogP contribution is -2.24. The van der Waals surface area contributed by atoms with Gasteiger partial charge in [-0.25, -0.2) is 0 Å². The molecule has 19 heavy (non-hydrogen) atoms. The van der Waals surface area contributed by atoms with E-state index in [1.807, 2.05) is 25.3 Å². The molecule has 0 amide bonds. The first-order valence-electron chi connectivity index (χ1n) is 5.69. The molecule has 0 fully saturated rings. The molecule has 8 heteroatoms. The fourth-order valence-electron chi connectivity index (χ4n) is 1.65. The van der Waals surface area contributed by atoms with Gasteiger partial charge in [-0.2, -0.15) is 5.10 Å². The molecule has 0 aliphatic carbocycles. The maximum Gasteiger partial charge on any atom is 0.313 e. The Kier molecular flexibility index (Phi) is 3.61. The summed E-state index contributed by atoms with van der Waals surface area (Å²) < 4.78 is 1.92. The van der Waals surface area contributed by atoms with Crippen molar-refractivity contribution >= 4 is 17.7 Å². The molecule has 0 atom stereocenters. The molecule has 2 aromatic heterocycles. The lowest BCUT2D eigenvalue weighted by molar-refractivity contribution is -0.133. The molecule has 0 aromatic carbocycles. The molecule has 2 aromatic rings. The number of aromatic nitrogens is 5. The molecule has 0 unspecified atom stereocenters. The SMILES string of the molecule is CC(C)(C)n1c(SCC(=O)O)nnc1-c1cn[nH]c1. The normalized spacial score (nSPS) is 11.7. The third kappa shape index (κ3) is 2.95. The van der Waals surface area contributed by atoms with E-state index in [0.29, 0.717) is 11.0 Å². The van der Waals surface area contributed by atoms with Crippen molar-refractivity contribution in [2.24, 2.45) is 0 Å². The molecule has 0 aliphatic heterocycles. The molecule has 0 saturated heterocycles. The fourth-order valence-corrected chi connectivity index (χ4v) is 2.50. The maximum absolute atomic E-state index is 10.7. The number of aromatic amines is 1. The van der Waals surface area contributed by atoms with Crippen LogP contribution in [0.5, 0.6) is 0 Å². The second kappa shape index (κ2) is 5.04. The summed E-state index contributed by atoms with van der Waals surface area (Å²) in [5.74, 6) is -0.243. The number of thioether (sulfide) groups is 1. The van der Waals surface area contributed by atoms with Crippen LogP contribution in [0.2, 0.25) is 0 Å². The van der Waals surface area contributed by atoms with Gasteiger partial charge in [0, 0.05) is 11.7 Å². The zero-order valence-corrected chi connectivity index (χ0v) is 11.7. The average molecular weight is 281 g/mol. The first-order valence-corrected chi connectivity index (χ1v) is 6.68. The van der Waals surface area contributed by atoms with E-state index in [4.69, 9.17) is 5.11 Å². The summed E-state index contributed by atoms with van der Waals surface area (Å²) in [6.45, 7) is 6.06. The Balaban J connectivity index is 2.43. The van der Waals surface area contributed by atoms with Crippen LogP contribution in [0.1, 0.15) is 20.8 Å². The molecule has 2 heterocycles. The van der Waals surface area contributed by atoms with Crippen LogP contribution in [-0.2, 0) is 10.3 Å². The van der Waals surface area contributed by atoms with Gasteiger partial charge in [0.15, 0.2) is 11.0 Å². The number of rotatable bonds is 4. The highest BCUT2D eigenvalue weighted by molar-refractivity contribution is 7.99. The molecule has 0 spiro atoms. The van der Waals surface area contributed by atoms with Crippen molar-refractivity contribution in [2.75, 3.05) is 5.75 Å². The highest BCUT2D eigenvalue weighted by Gasteiger charge is 2.24. The van der Waals surface area contributed by atoms with Crippen LogP contribution in [0.25, 0.3) is 11.4 Å². The van der Waals surface area contributed by atoms with E-state index in [0.717, 1.165) is 17.3 Å². The van der Waals surface area contributed by atoms with Gasteiger partial charge >= 0.3 is 5.97 Å². The zero-order chi connectivity index (χ0) is 14.0. The molecular formula is C11H15N5O2S. The van der Waals surface area contributed by atoms with Gasteiger partial charge in [-0.3, -0.25) is 14.5 Å². The van der Waals surface area contributed by atoms with Crippen molar-refractivity contribution in [2.45, 2.75) is 31.5 Å². The molecule has 0 aliphatic rings. The lowest BCUT2D eigenvalue weighted by atomic mass is 10.1. The van der Waals surface area contributed by atoms with Crippen LogP contribution < -0.4 is 0 Å². The lowest BCUT2D eigenvalue weighted by Gasteiger charge is -2.24. The first kappa shape index (κ1) is 13.6. The van der Waals surface area contributed by atoms with Crippen LogP contribution >= 0.6 is 11.8 Å². The highest BCUT2D eigenvalue weighted by atomic mass is 32.2. The monoisotopic (exact) mass is 281 g/mol. The van der Waals surface area contributed by atoms with Crippen LogP contribution in [-0.4, -0.2) is 41.8 Å². The van der Waals surface area contributed by atoms with E-state index in [-0.39, 0.29) is 11.3 Å². The number of hydrogen-bond acceptors (Lipinski definition) is 5. The smallest absolute Gasteiger partial charge is 0.313 e. The molecule has 0 saturated carbocycles. The molecule has 102 valence electrons. The van der Waals surface area contributed by atoms with Crippen LogP contribution in [0, 0.1) is 0 Å². The first-order chi connectivity index (χ1) is 8.89. The molecule has 0 radical (unpaired) electrons. The summed E-state index contributed by atoms with van der Waals surface area (Å²) in [6, 6.07) is 0. The number of carbonyl (C=O) groups is 1. The van der Waals surface area contributed by atoms with Gasteiger partial charge in [-0.05, 0) is 20.8 Å². The topological polar surface area (TPSA) is 96.7 Å². The van der Waals surface area contributed by atoms with Gasteiger partial charge < -0.3 is 5.11 Å². The Hall–Kier alpha value is -1.83. The number of nitrogens with one attached hydrogen (secondary N) is 1. The molecule has 0 bridgehead atoms. The summed E-state index contributed by atoms with van der Waals surface area (Å²) in [5, 5.41) is 24.2. The number of H-pyrrole nitrogens is 1. The Morgan fingerprint density at radius 1 is 1.47 bits per heavy atom. The minimum absolute atomic E-state index is 0.0421. The van der Waals surface area contributed by atoms with Crippen molar-refractivity contribution in [1.82, 2.24) is 25.0 Å². The molecule has 2 rings (SSSR count). The highest BCUT2D eigenvalue weighted by Crippen LogP contribution is 2.29. The van der Waals surface area contributed by atoms with Crippen LogP contribution in [0.4, 0.5) is 0 Å². The number of carboxylic acids is 1. The van der Waals surface area contributed by atoms with Crippen LogP contribution in [0.3, 0.4) is 0 Å². The van der Waals surface area contributed by atoms with E-state index < -0.39 is 5.97 Å². The minimum atomic E-state index is -0.877. The van der Waals surface area contributed by atoms with E-state index >= 15 is 0 Å². The third-order valence-corrected chi connectivity index (χ3v) is 3.30. The zero-order valence-electron chi connectivity index (χ0n) is 10.9. The van der Waals surface area contributed by atoms with Crippen molar-refractivity contribution in [3.8, 4) is 11.4 Å². The summed E-state index contributed by atoms with van der Waals surface area (Å²) in [5.41, 5.74) is 0.571. The third-order valence-electron chi connectivity index (χ3n) is 2.39. The van der Waals surface area contributed by atoms with Crippen molar-refractivity contribution in [1.29, 1.82) is 0 Å². The van der Waals surface area contributed by atoms with Gasteiger partial charge in [-0.1, -0.05) is 11.8 Å². The fraction of sp³-hybridized carbons (Fsp3) is 0.455. The van der Waals surface area contributed by atoms with Gasteiger partial charge in [0.25, 0.3) is 0 Å². The largest absolute Gasteiger partial charge is 0.481 e. The summed E-state index contributed by atoms with van der Waals surface area (Å²) in [6.07, 6.45) is 3.40. The van der Waals surface area contributed by atoms with Gasteiger partial charge in [-0.15, -0.1) is 10.2 Å². The molecular weight excluding hydrogens is 266 g/mol. The van der Waals surface area contributed by atoms with Gasteiger partial charge in [0.05, 0.1) is 17.5 Å². The molecule has 2 N–H and O–H groups in total. The van der Waals surface area contributed by atoms with E-state index in [1.165, 1.54) is 0 Å². The Morgan fingerprint density at radius 2 is 2.21 bits per heavy atom. The number of hydrogen-bond donors (Lipinski definition) is 2. The quantitative estimate of drug-likeness (QED) is 0.826. The van der Waals surface area contributed by atoms with E-state index in [1.54, 1.807) is 12.4 Å². The van der Waals surface area contributed by atoms with E-state index in [2.05, 4.69) is 20.4 Å². The van der Waals surface area contributed by atoms with Crippen molar-refractivity contribution < 1.29 is 9.90 Å². The second-order valence-electron chi connectivity index (χ2n) is 4.98. The number of nitrogens with zero attached hydrogens (tertiary/aromatic N) is 4. The van der Waals surface area contributed by atoms with Crippen molar-refractivity contribution in [3.63, 3.8) is 0 Å². The average Bonchev–Trinajstić information content (AvgIpc) is 2.93. The maximum atomic E-state index is 10.7. The van der Waals surface area contributed by atoms with E-state index in [9.17, 15) is 4.79 Å². The van der Waals surface area contributed by atoms with Gasteiger partial charge in [0.1, 0.15) is 0 Å². The Bertz CT molecular complexity index is 570. The Labute approximate surface area is 114 Å². The predicted octanol–water partition coefficient (Wildman–Crippen LogP) is 1.60. The summed E-state index contributed by atoms with van der Waals surface area (Å²) in [4.78, 5) is 10.7. The predicted molar refractivity (Wildman–Crippen MR) is 71.0 cm³/mol. The van der Waals surface area contributed by atoms with Crippen molar-refractivity contribution in [3.05, 3.63) is 12.4 Å². The second-order valence-corrected chi connectivity index (χ2v) is 5.92. The number of aliphatic carboxylic acids is 1. The summed E-state index contributed by atoms with van der Waals surface area (Å²) in [7, 11) is 0. The minimum Gasteiger partial charge on any atom is -0.481 e. The number of carboxylic acid groups (broad SMARTS) is 1.